The van der Waals surface area contributed by atoms with Crippen molar-refractivity contribution in [1.29, 1.82) is 0 Å². The molecule has 2 heterocycles. The molecule has 24 heavy (non-hydrogen) atoms. The smallest absolute Gasteiger partial charge is 0.233 e. The molecule has 2 fully saturated rings. The van der Waals surface area contributed by atoms with E-state index in [0.29, 0.717) is 34.2 Å². The minimum atomic E-state index is 0. The van der Waals surface area contributed by atoms with Crippen molar-refractivity contribution in [2.75, 3.05) is 24.6 Å². The van der Waals surface area contributed by atoms with E-state index in [1.807, 2.05) is 0 Å². The molecule has 1 amide bonds. The van der Waals surface area contributed by atoms with E-state index in [2.05, 4.69) is 10.2 Å². The summed E-state index contributed by atoms with van der Waals surface area (Å²) in [6, 6.07) is 7.61. The standard InChI is InChI=1S/C17H21ClN2O2S.ClH/c18-13-3-1-12(2-4-13)16(21)10-23-11-17(22)20-14-5-6-15(20)9-19-8-7-14;/h1-4,14-15,19H,5-11H2;1H. The first kappa shape index (κ1) is 19.6. The van der Waals surface area contributed by atoms with Crippen molar-refractivity contribution in [3.05, 3.63) is 34.9 Å². The first-order valence-electron chi connectivity index (χ1n) is 8.03. The Bertz CT molecular complexity index is 568. The Kier molecular flexibility index (Phi) is 7.41. The zero-order valence-corrected chi connectivity index (χ0v) is 15.8. The van der Waals surface area contributed by atoms with Crippen LogP contribution in [0.3, 0.4) is 0 Å². The lowest BCUT2D eigenvalue weighted by atomic mass is 10.1. The van der Waals surface area contributed by atoms with Gasteiger partial charge in [0.05, 0.1) is 11.5 Å². The van der Waals surface area contributed by atoms with Crippen LogP contribution >= 0.6 is 35.8 Å². The Balaban J connectivity index is 0.00000208. The molecule has 2 aliphatic heterocycles. The van der Waals surface area contributed by atoms with Crippen LogP contribution in [0.2, 0.25) is 5.02 Å². The zero-order chi connectivity index (χ0) is 16.2. The minimum Gasteiger partial charge on any atom is -0.335 e. The normalized spacial score (nSPS) is 22.6. The van der Waals surface area contributed by atoms with Crippen LogP contribution in [0.1, 0.15) is 29.6 Å². The summed E-state index contributed by atoms with van der Waals surface area (Å²) in [6.45, 7) is 1.89. The van der Waals surface area contributed by atoms with E-state index in [-0.39, 0.29) is 24.1 Å². The number of carbonyl (C=O) groups excluding carboxylic acids is 2. The molecular formula is C17H22Cl2N2O2S. The highest BCUT2D eigenvalue weighted by Gasteiger charge is 2.37. The fraction of sp³-hybridized carbons (Fsp3) is 0.529. The third-order valence-electron chi connectivity index (χ3n) is 4.57. The predicted octanol–water partition coefficient (Wildman–Crippen LogP) is 3.03. The monoisotopic (exact) mass is 388 g/mol. The summed E-state index contributed by atoms with van der Waals surface area (Å²) < 4.78 is 0. The van der Waals surface area contributed by atoms with E-state index >= 15 is 0 Å². The fourth-order valence-corrected chi connectivity index (χ4v) is 4.32. The average Bonchev–Trinajstić information content (AvgIpc) is 2.80. The van der Waals surface area contributed by atoms with E-state index in [4.69, 9.17) is 11.6 Å². The Morgan fingerprint density at radius 2 is 1.83 bits per heavy atom. The van der Waals surface area contributed by atoms with Gasteiger partial charge in [0.1, 0.15) is 0 Å². The summed E-state index contributed by atoms with van der Waals surface area (Å²) >= 11 is 7.23. The van der Waals surface area contributed by atoms with Gasteiger partial charge in [0.2, 0.25) is 5.91 Å². The van der Waals surface area contributed by atoms with Crippen LogP contribution in [-0.4, -0.2) is 53.3 Å². The first-order valence-corrected chi connectivity index (χ1v) is 9.57. The summed E-state index contributed by atoms with van der Waals surface area (Å²) in [6.07, 6.45) is 3.25. The number of amides is 1. The molecule has 2 unspecified atom stereocenters. The molecule has 132 valence electrons. The number of halogens is 2. The van der Waals surface area contributed by atoms with Crippen LogP contribution in [-0.2, 0) is 4.79 Å². The molecule has 1 aromatic carbocycles. The van der Waals surface area contributed by atoms with Gasteiger partial charge in [0.15, 0.2) is 5.78 Å². The molecule has 2 bridgehead atoms. The second-order valence-corrected chi connectivity index (χ2v) is 7.52. The number of nitrogens with one attached hydrogen (secondary N) is 1. The number of ketones is 1. The molecule has 1 aromatic rings. The Labute approximate surface area is 158 Å². The molecular weight excluding hydrogens is 367 g/mol. The summed E-state index contributed by atoms with van der Waals surface area (Å²) in [5.41, 5.74) is 0.647. The van der Waals surface area contributed by atoms with Crippen molar-refractivity contribution >= 4 is 47.5 Å². The highest BCUT2D eigenvalue weighted by Crippen LogP contribution is 2.28. The number of Topliss-reactive ketones (excluding diaryl/α,β-unsaturated/α-hetero) is 1. The van der Waals surface area contributed by atoms with Crippen LogP contribution in [0.15, 0.2) is 24.3 Å². The van der Waals surface area contributed by atoms with Crippen LogP contribution in [0.4, 0.5) is 0 Å². The van der Waals surface area contributed by atoms with Gasteiger partial charge in [-0.3, -0.25) is 9.59 Å². The second kappa shape index (κ2) is 9.09. The number of thioether (sulfide) groups is 1. The van der Waals surface area contributed by atoms with Crippen LogP contribution < -0.4 is 5.32 Å². The Hall–Kier alpha value is -0.750. The SMILES string of the molecule is Cl.O=C(CSCC(=O)N1C2CCNCC1CC2)c1ccc(Cl)cc1. The number of hydrogen-bond donors (Lipinski definition) is 1. The molecule has 2 aliphatic rings. The molecule has 0 saturated carbocycles. The van der Waals surface area contributed by atoms with Crippen molar-refractivity contribution < 1.29 is 9.59 Å². The predicted molar refractivity (Wildman–Crippen MR) is 101 cm³/mol. The van der Waals surface area contributed by atoms with Gasteiger partial charge in [-0.2, -0.15) is 0 Å². The van der Waals surface area contributed by atoms with E-state index in [1.54, 1.807) is 24.3 Å². The second-order valence-electron chi connectivity index (χ2n) is 6.10. The maximum Gasteiger partial charge on any atom is 0.233 e. The van der Waals surface area contributed by atoms with Gasteiger partial charge in [-0.15, -0.1) is 24.2 Å². The van der Waals surface area contributed by atoms with Crippen molar-refractivity contribution in [3.63, 3.8) is 0 Å². The number of carbonyl (C=O) groups is 2. The highest BCUT2D eigenvalue weighted by molar-refractivity contribution is 8.00. The van der Waals surface area contributed by atoms with Crippen molar-refractivity contribution in [1.82, 2.24) is 10.2 Å². The lowest BCUT2D eigenvalue weighted by molar-refractivity contribution is -0.130. The van der Waals surface area contributed by atoms with E-state index in [1.165, 1.54) is 11.8 Å². The number of rotatable bonds is 5. The van der Waals surface area contributed by atoms with E-state index in [9.17, 15) is 9.59 Å². The Morgan fingerprint density at radius 1 is 1.12 bits per heavy atom. The summed E-state index contributed by atoms with van der Waals surface area (Å²) in [5, 5.41) is 4.02. The van der Waals surface area contributed by atoms with Gasteiger partial charge in [0.25, 0.3) is 0 Å². The summed E-state index contributed by atoms with van der Waals surface area (Å²) in [5.74, 6) is 0.927. The van der Waals surface area contributed by atoms with E-state index < -0.39 is 0 Å². The van der Waals surface area contributed by atoms with Crippen LogP contribution in [0, 0.1) is 0 Å². The molecule has 3 rings (SSSR count). The summed E-state index contributed by atoms with van der Waals surface area (Å²) in [7, 11) is 0. The topological polar surface area (TPSA) is 49.4 Å². The molecule has 2 atom stereocenters. The van der Waals surface area contributed by atoms with Gasteiger partial charge in [0, 0.05) is 29.2 Å². The first-order chi connectivity index (χ1) is 11.1. The number of nitrogens with zero attached hydrogens (tertiary/aromatic N) is 1. The number of fused-ring (bicyclic) bond motifs is 2. The average molecular weight is 389 g/mol. The van der Waals surface area contributed by atoms with Crippen LogP contribution in [0.25, 0.3) is 0 Å². The molecule has 0 aliphatic carbocycles. The number of benzene rings is 1. The van der Waals surface area contributed by atoms with Gasteiger partial charge in [-0.25, -0.2) is 0 Å². The maximum absolute atomic E-state index is 12.5. The van der Waals surface area contributed by atoms with Gasteiger partial charge >= 0.3 is 0 Å². The Morgan fingerprint density at radius 3 is 2.58 bits per heavy atom. The van der Waals surface area contributed by atoms with Crippen LogP contribution in [0.5, 0.6) is 0 Å². The molecule has 7 heteroatoms. The zero-order valence-electron chi connectivity index (χ0n) is 13.4. The van der Waals surface area contributed by atoms with Gasteiger partial charge < -0.3 is 10.2 Å². The number of hydrogen-bond acceptors (Lipinski definition) is 4. The van der Waals surface area contributed by atoms with Gasteiger partial charge in [-0.05, 0) is 50.1 Å². The molecule has 0 aromatic heterocycles. The van der Waals surface area contributed by atoms with E-state index in [0.717, 1.165) is 32.4 Å². The highest BCUT2D eigenvalue weighted by atomic mass is 35.5. The maximum atomic E-state index is 12.5. The third kappa shape index (κ3) is 4.66. The third-order valence-corrected chi connectivity index (χ3v) is 5.74. The minimum absolute atomic E-state index is 0. The lowest BCUT2D eigenvalue weighted by Gasteiger charge is -2.27. The molecule has 0 radical (unpaired) electrons. The fourth-order valence-electron chi connectivity index (χ4n) is 3.41. The summed E-state index contributed by atoms with van der Waals surface area (Å²) in [4.78, 5) is 26.7. The molecule has 4 nitrogen and oxygen atoms in total. The quantitative estimate of drug-likeness (QED) is 0.787. The molecule has 1 N–H and O–H groups in total. The van der Waals surface area contributed by atoms with Crippen molar-refractivity contribution in [2.24, 2.45) is 0 Å². The largest absolute Gasteiger partial charge is 0.335 e. The lowest BCUT2D eigenvalue weighted by Crippen LogP contribution is -2.43. The van der Waals surface area contributed by atoms with Gasteiger partial charge in [-0.1, -0.05) is 11.6 Å². The molecule has 2 saturated heterocycles. The van der Waals surface area contributed by atoms with Crippen molar-refractivity contribution in [3.8, 4) is 0 Å². The van der Waals surface area contributed by atoms with Crippen molar-refractivity contribution in [2.45, 2.75) is 31.3 Å². The molecule has 0 spiro atoms.